The van der Waals surface area contributed by atoms with Gasteiger partial charge in [0.25, 0.3) is 0 Å². The standard InChI is InChI=1S/2C24H17BO2S/c2*26-25(27)22-15-19(17-9-5-2-6-10-17)14-21-20-13-18(16-7-3-1-4-8-16)11-12-23(20)28-24(21)22/h2*1-15,26-27H. The molecule has 10 aromatic rings. The summed E-state index contributed by atoms with van der Waals surface area (Å²) in [6.45, 7) is 0. The van der Waals surface area contributed by atoms with Crippen molar-refractivity contribution in [1.82, 2.24) is 0 Å². The van der Waals surface area contributed by atoms with Crippen molar-refractivity contribution in [1.29, 1.82) is 0 Å². The molecule has 8 heteroatoms. The molecule has 0 saturated heterocycles. The van der Waals surface area contributed by atoms with Gasteiger partial charge in [-0.05, 0) is 80.9 Å². The van der Waals surface area contributed by atoms with Crippen molar-refractivity contribution < 1.29 is 20.1 Å². The van der Waals surface area contributed by atoms with Crippen molar-refractivity contribution in [3.8, 4) is 44.5 Å². The minimum Gasteiger partial charge on any atom is -0.423 e. The van der Waals surface area contributed by atoms with Gasteiger partial charge in [0, 0.05) is 51.3 Å². The van der Waals surface area contributed by atoms with Gasteiger partial charge in [-0.2, -0.15) is 0 Å². The molecule has 0 unspecified atom stereocenters. The zero-order valence-corrected chi connectivity index (χ0v) is 31.7. The number of thiophene rings is 2. The Morgan fingerprint density at radius 2 is 0.589 bits per heavy atom. The molecule has 0 bridgehead atoms. The van der Waals surface area contributed by atoms with Crippen LogP contribution in [-0.4, -0.2) is 34.3 Å². The molecule has 8 aromatic carbocycles. The average molecular weight is 761 g/mol. The maximum Gasteiger partial charge on any atom is 0.489 e. The Kier molecular flexibility index (Phi) is 9.84. The smallest absolute Gasteiger partial charge is 0.423 e. The van der Waals surface area contributed by atoms with Gasteiger partial charge in [0.1, 0.15) is 0 Å². The van der Waals surface area contributed by atoms with Gasteiger partial charge in [0.15, 0.2) is 0 Å². The van der Waals surface area contributed by atoms with Crippen LogP contribution in [0.5, 0.6) is 0 Å². The maximum atomic E-state index is 10.0. The molecule has 0 fully saturated rings. The summed E-state index contributed by atoms with van der Waals surface area (Å²) in [5, 5.41) is 44.4. The third kappa shape index (κ3) is 6.95. The van der Waals surface area contributed by atoms with E-state index in [1.807, 2.05) is 109 Å². The highest BCUT2D eigenvalue weighted by Gasteiger charge is 2.22. The fourth-order valence-corrected chi connectivity index (χ4v) is 9.80. The van der Waals surface area contributed by atoms with Crippen LogP contribution in [-0.2, 0) is 0 Å². The van der Waals surface area contributed by atoms with Crippen LogP contribution in [0.4, 0.5) is 0 Å². The van der Waals surface area contributed by atoms with E-state index in [9.17, 15) is 20.1 Å². The van der Waals surface area contributed by atoms with Gasteiger partial charge < -0.3 is 20.1 Å². The molecule has 0 aliphatic rings. The van der Waals surface area contributed by atoms with Crippen molar-refractivity contribution in [2.75, 3.05) is 0 Å². The van der Waals surface area contributed by atoms with Gasteiger partial charge in [-0.3, -0.25) is 0 Å². The Morgan fingerprint density at radius 1 is 0.286 bits per heavy atom. The third-order valence-electron chi connectivity index (χ3n) is 10.2. The van der Waals surface area contributed by atoms with E-state index in [1.54, 1.807) is 22.7 Å². The van der Waals surface area contributed by atoms with Gasteiger partial charge in [0.05, 0.1) is 0 Å². The van der Waals surface area contributed by atoms with Crippen LogP contribution in [0.15, 0.2) is 182 Å². The number of rotatable bonds is 6. The second kappa shape index (κ2) is 15.4. The number of fused-ring (bicyclic) bond motifs is 6. The van der Waals surface area contributed by atoms with E-state index in [0.717, 1.165) is 73.7 Å². The Hall–Kier alpha value is -5.83. The summed E-state index contributed by atoms with van der Waals surface area (Å²) in [4.78, 5) is 0. The lowest BCUT2D eigenvalue weighted by Gasteiger charge is -2.08. The Morgan fingerprint density at radius 3 is 0.911 bits per heavy atom. The first-order valence-electron chi connectivity index (χ1n) is 18.4. The fraction of sp³-hybridized carbons (Fsp3) is 0. The number of hydrogen-bond acceptors (Lipinski definition) is 6. The highest BCUT2D eigenvalue weighted by molar-refractivity contribution is 7.27. The minimum atomic E-state index is -1.51. The molecular formula is C48H34B2O4S2. The molecular weight excluding hydrogens is 726 g/mol. The average Bonchev–Trinajstić information content (AvgIpc) is 3.82. The predicted molar refractivity (Wildman–Crippen MR) is 240 cm³/mol. The lowest BCUT2D eigenvalue weighted by atomic mass is 9.78. The first-order valence-corrected chi connectivity index (χ1v) is 20.0. The van der Waals surface area contributed by atoms with Crippen molar-refractivity contribution >= 4 is 88.2 Å². The van der Waals surface area contributed by atoms with Crippen LogP contribution in [0, 0.1) is 0 Å². The Labute approximate surface area is 333 Å². The molecule has 268 valence electrons. The second-order valence-corrected chi connectivity index (χ2v) is 15.8. The molecule has 0 saturated carbocycles. The molecule has 0 aliphatic heterocycles. The van der Waals surface area contributed by atoms with Crippen LogP contribution in [0.25, 0.3) is 84.9 Å². The summed E-state index contributed by atoms with van der Waals surface area (Å²) in [5.41, 5.74) is 9.86. The van der Waals surface area contributed by atoms with Gasteiger partial charge in [-0.15, -0.1) is 22.7 Å². The SMILES string of the molecule is OB(O)c1cc(-c2ccccc2)cc2c1sc1ccc(-c3ccccc3)cc12.OB(O)c1cc(-c2ccccc2)cc2c1sc1ccc(-c3ccccc3)cc12. The highest BCUT2D eigenvalue weighted by atomic mass is 32.1. The van der Waals surface area contributed by atoms with Gasteiger partial charge in [0.2, 0.25) is 0 Å². The van der Waals surface area contributed by atoms with Gasteiger partial charge in [-0.1, -0.05) is 146 Å². The van der Waals surface area contributed by atoms with Crippen molar-refractivity contribution in [3.63, 3.8) is 0 Å². The van der Waals surface area contributed by atoms with E-state index < -0.39 is 14.2 Å². The Bertz CT molecular complexity index is 2760. The van der Waals surface area contributed by atoms with Crippen LogP contribution < -0.4 is 10.9 Å². The molecule has 0 atom stereocenters. The number of hydrogen-bond donors (Lipinski definition) is 4. The molecule has 4 nitrogen and oxygen atoms in total. The van der Waals surface area contributed by atoms with E-state index in [0.29, 0.717) is 10.9 Å². The molecule has 0 amide bonds. The van der Waals surface area contributed by atoms with Crippen LogP contribution in [0.2, 0.25) is 0 Å². The Balaban J connectivity index is 0.000000146. The van der Waals surface area contributed by atoms with Crippen LogP contribution >= 0.6 is 22.7 Å². The summed E-state index contributed by atoms with van der Waals surface area (Å²) in [5.74, 6) is 0. The first-order chi connectivity index (χ1) is 27.4. The monoisotopic (exact) mass is 760 g/mol. The largest absolute Gasteiger partial charge is 0.489 e. The highest BCUT2D eigenvalue weighted by Crippen LogP contribution is 2.39. The van der Waals surface area contributed by atoms with Crippen LogP contribution in [0.3, 0.4) is 0 Å². The predicted octanol–water partition coefficient (Wildman–Crippen LogP) is 10.1. The molecule has 56 heavy (non-hydrogen) atoms. The summed E-state index contributed by atoms with van der Waals surface area (Å²) in [6, 6.07) is 61.7. The van der Waals surface area contributed by atoms with E-state index in [4.69, 9.17) is 0 Å². The summed E-state index contributed by atoms with van der Waals surface area (Å²) in [7, 11) is -3.01. The maximum absolute atomic E-state index is 10.0. The zero-order valence-electron chi connectivity index (χ0n) is 30.1. The molecule has 2 heterocycles. The minimum absolute atomic E-state index is 0.554. The molecule has 10 rings (SSSR count). The van der Waals surface area contributed by atoms with Crippen LogP contribution in [0.1, 0.15) is 0 Å². The van der Waals surface area contributed by atoms with Crippen molar-refractivity contribution in [2.45, 2.75) is 0 Å². The quantitative estimate of drug-likeness (QED) is 0.127. The zero-order chi connectivity index (χ0) is 38.2. The second-order valence-electron chi connectivity index (χ2n) is 13.7. The summed E-state index contributed by atoms with van der Waals surface area (Å²) >= 11 is 3.21. The lowest BCUT2D eigenvalue weighted by Crippen LogP contribution is -2.30. The van der Waals surface area contributed by atoms with E-state index in [1.165, 1.54) is 11.1 Å². The topological polar surface area (TPSA) is 80.9 Å². The van der Waals surface area contributed by atoms with E-state index in [2.05, 4.69) is 72.8 Å². The molecule has 0 aliphatic carbocycles. The third-order valence-corrected chi connectivity index (χ3v) is 12.7. The van der Waals surface area contributed by atoms with E-state index in [-0.39, 0.29) is 0 Å². The van der Waals surface area contributed by atoms with E-state index >= 15 is 0 Å². The molecule has 0 spiro atoms. The number of benzene rings is 8. The van der Waals surface area contributed by atoms with Gasteiger partial charge >= 0.3 is 14.2 Å². The first kappa shape index (κ1) is 35.8. The fourth-order valence-electron chi connectivity index (χ4n) is 7.41. The molecule has 4 N–H and O–H groups in total. The van der Waals surface area contributed by atoms with Gasteiger partial charge in [-0.25, -0.2) is 0 Å². The normalized spacial score (nSPS) is 11.2. The molecule has 2 aromatic heterocycles. The summed E-state index contributed by atoms with van der Waals surface area (Å²) in [6.07, 6.45) is 0. The summed E-state index contributed by atoms with van der Waals surface area (Å²) < 4.78 is 4.13. The lowest BCUT2D eigenvalue weighted by molar-refractivity contribution is 0.425. The van der Waals surface area contributed by atoms with Crippen molar-refractivity contribution in [2.24, 2.45) is 0 Å². The molecule has 0 radical (unpaired) electrons. The van der Waals surface area contributed by atoms with Crippen molar-refractivity contribution in [3.05, 3.63) is 182 Å².